The highest BCUT2D eigenvalue weighted by Crippen LogP contribution is 2.42. The van der Waals surface area contributed by atoms with Crippen LogP contribution in [-0.4, -0.2) is 44.7 Å². The molecule has 0 aromatic heterocycles. The summed E-state index contributed by atoms with van der Waals surface area (Å²) in [6.45, 7) is 5.60. The zero-order chi connectivity index (χ0) is 37.3. The fourth-order valence-electron chi connectivity index (χ4n) is 9.13. The highest BCUT2D eigenvalue weighted by atomic mass is 28.3. The first-order valence-corrected chi connectivity index (χ1v) is 22.0. The number of ether oxygens (including phenoxy) is 2. The van der Waals surface area contributed by atoms with Crippen molar-refractivity contribution in [2.75, 3.05) is 26.4 Å². The highest BCUT2D eigenvalue weighted by molar-refractivity contribution is 7.03. The summed E-state index contributed by atoms with van der Waals surface area (Å²) < 4.78 is 11.3. The molecule has 0 aliphatic heterocycles. The van der Waals surface area contributed by atoms with Crippen molar-refractivity contribution in [3.8, 4) is 33.8 Å². The molecule has 0 heterocycles. The van der Waals surface area contributed by atoms with Crippen molar-refractivity contribution in [1.29, 1.82) is 0 Å². The lowest BCUT2D eigenvalue weighted by atomic mass is 9.90. The topological polar surface area (TPSA) is 58.9 Å². The second-order valence-electron chi connectivity index (χ2n) is 15.1. The van der Waals surface area contributed by atoms with Gasteiger partial charge in [-0.1, -0.05) is 134 Å². The van der Waals surface area contributed by atoms with Crippen LogP contribution in [-0.2, 0) is 0 Å². The molecule has 0 fully saturated rings. The smallest absolute Gasteiger partial charge is 0.119 e. The van der Waals surface area contributed by atoms with Crippen molar-refractivity contribution in [2.24, 2.45) is 0 Å². The molecule has 268 valence electrons. The standard InChI is InChI=1S/C50H40O4Si/c1-55(2,45-25-13-35-9-21-41-39(31-3-15-37(16-4-31)53-29-27-51)19-7-33-11-23-43(45)49(35)47(33)41)46-26-14-36-10-22-42-40(32-5-17-38(18-6-32)54-30-28-52)20-8-34-12-24-44(46)50(36)48(34)42/h3-26,51-52H,27-30H2,1-2H3. The molecule has 0 aliphatic rings. The maximum atomic E-state index is 9.19. The largest absolute Gasteiger partial charge is 0.491 e. The van der Waals surface area contributed by atoms with E-state index >= 15 is 0 Å². The molecule has 0 saturated carbocycles. The molecule has 0 bridgehead atoms. The van der Waals surface area contributed by atoms with E-state index in [9.17, 15) is 10.2 Å². The summed E-state index contributed by atoms with van der Waals surface area (Å²) in [6.07, 6.45) is 0. The fraction of sp³-hybridized carbons (Fsp3) is 0.120. The van der Waals surface area contributed by atoms with E-state index in [0.717, 1.165) is 22.6 Å². The van der Waals surface area contributed by atoms with E-state index in [1.807, 2.05) is 24.3 Å². The van der Waals surface area contributed by atoms with Crippen molar-refractivity contribution in [3.05, 3.63) is 146 Å². The van der Waals surface area contributed by atoms with Gasteiger partial charge in [0.15, 0.2) is 0 Å². The Balaban J connectivity index is 1.12. The first-order chi connectivity index (χ1) is 26.9. The summed E-state index contributed by atoms with van der Waals surface area (Å²) in [4.78, 5) is 0. The quantitative estimate of drug-likeness (QED) is 0.109. The predicted octanol–water partition coefficient (Wildman–Crippen LogP) is 10.4. The summed E-state index contributed by atoms with van der Waals surface area (Å²) in [5.74, 6) is 1.52. The number of hydrogen-bond donors (Lipinski definition) is 2. The van der Waals surface area contributed by atoms with E-state index < -0.39 is 8.07 Å². The summed E-state index contributed by atoms with van der Waals surface area (Å²) in [6, 6.07) is 53.4. The molecule has 10 aromatic carbocycles. The van der Waals surface area contributed by atoms with Crippen LogP contribution < -0.4 is 19.8 Å². The third-order valence-corrected chi connectivity index (χ3v) is 15.3. The van der Waals surface area contributed by atoms with Gasteiger partial charge in [-0.3, -0.25) is 0 Å². The minimum absolute atomic E-state index is 0.00366. The van der Waals surface area contributed by atoms with Crippen LogP contribution in [0.3, 0.4) is 0 Å². The maximum Gasteiger partial charge on any atom is 0.119 e. The minimum Gasteiger partial charge on any atom is -0.491 e. The van der Waals surface area contributed by atoms with E-state index in [1.54, 1.807) is 0 Å². The van der Waals surface area contributed by atoms with Gasteiger partial charge in [0, 0.05) is 0 Å². The Morgan fingerprint density at radius 1 is 0.382 bits per heavy atom. The Kier molecular flexibility index (Phi) is 8.00. The van der Waals surface area contributed by atoms with Crippen molar-refractivity contribution >= 4 is 83.1 Å². The molecule has 0 spiro atoms. The first kappa shape index (κ1) is 33.6. The second-order valence-corrected chi connectivity index (χ2v) is 19.4. The molecule has 4 nitrogen and oxygen atoms in total. The van der Waals surface area contributed by atoms with Gasteiger partial charge >= 0.3 is 0 Å². The van der Waals surface area contributed by atoms with Gasteiger partial charge in [-0.2, -0.15) is 0 Å². The van der Waals surface area contributed by atoms with Crippen LogP contribution in [0.1, 0.15) is 0 Å². The zero-order valence-electron chi connectivity index (χ0n) is 30.9. The van der Waals surface area contributed by atoms with Crippen LogP contribution in [0, 0.1) is 0 Å². The van der Waals surface area contributed by atoms with Crippen molar-refractivity contribution in [1.82, 2.24) is 0 Å². The summed E-state index contributed by atoms with van der Waals surface area (Å²) in [5, 5.41) is 36.8. The molecule has 0 amide bonds. The van der Waals surface area contributed by atoms with E-state index in [0.29, 0.717) is 0 Å². The molecule has 2 N–H and O–H groups in total. The van der Waals surface area contributed by atoms with Crippen molar-refractivity contribution < 1.29 is 19.7 Å². The second kappa shape index (κ2) is 13.1. The summed E-state index contributed by atoms with van der Waals surface area (Å²) in [7, 11) is -2.29. The molecule has 0 radical (unpaired) electrons. The molecule has 5 heteroatoms. The van der Waals surface area contributed by atoms with Crippen molar-refractivity contribution in [3.63, 3.8) is 0 Å². The van der Waals surface area contributed by atoms with Crippen LogP contribution in [0.15, 0.2) is 146 Å². The lowest BCUT2D eigenvalue weighted by molar-refractivity contribution is 0.201. The van der Waals surface area contributed by atoms with Crippen molar-refractivity contribution in [2.45, 2.75) is 13.1 Å². The molecule has 0 aliphatic carbocycles. The van der Waals surface area contributed by atoms with Gasteiger partial charge < -0.3 is 19.7 Å². The van der Waals surface area contributed by atoms with Gasteiger partial charge in [-0.25, -0.2) is 0 Å². The number of hydrogen-bond acceptors (Lipinski definition) is 4. The average molecular weight is 733 g/mol. The monoisotopic (exact) mass is 732 g/mol. The molecular weight excluding hydrogens is 693 g/mol. The van der Waals surface area contributed by atoms with Crippen LogP contribution in [0.2, 0.25) is 13.1 Å². The molecule has 10 rings (SSSR count). The third kappa shape index (κ3) is 5.34. The van der Waals surface area contributed by atoms with E-state index in [-0.39, 0.29) is 26.4 Å². The lowest BCUT2D eigenvalue weighted by Crippen LogP contribution is -2.53. The Bertz CT molecular complexity index is 2820. The predicted molar refractivity (Wildman–Crippen MR) is 233 cm³/mol. The molecule has 55 heavy (non-hydrogen) atoms. The summed E-state index contributed by atoms with van der Waals surface area (Å²) in [5.41, 5.74) is 4.69. The van der Waals surface area contributed by atoms with Gasteiger partial charge in [0.05, 0.1) is 13.2 Å². The van der Waals surface area contributed by atoms with Gasteiger partial charge in [-0.15, -0.1) is 0 Å². The molecular formula is C50H40O4Si. The number of rotatable bonds is 10. The van der Waals surface area contributed by atoms with Gasteiger partial charge in [0.25, 0.3) is 0 Å². The van der Waals surface area contributed by atoms with Crippen LogP contribution in [0.4, 0.5) is 0 Å². The number of benzene rings is 10. The van der Waals surface area contributed by atoms with E-state index in [4.69, 9.17) is 9.47 Å². The first-order valence-electron chi connectivity index (χ1n) is 19.0. The lowest BCUT2D eigenvalue weighted by Gasteiger charge is -2.29. The van der Waals surface area contributed by atoms with Gasteiger partial charge in [-0.05, 0) is 122 Å². The van der Waals surface area contributed by atoms with E-state index in [2.05, 4.69) is 134 Å². The number of aliphatic hydroxyl groups excluding tert-OH is 2. The van der Waals surface area contributed by atoms with Crippen LogP contribution >= 0.6 is 0 Å². The fourth-order valence-corrected chi connectivity index (χ4v) is 12.2. The Morgan fingerprint density at radius 3 is 1.09 bits per heavy atom. The zero-order valence-corrected chi connectivity index (χ0v) is 31.9. The third-order valence-electron chi connectivity index (χ3n) is 11.7. The van der Waals surface area contributed by atoms with Crippen LogP contribution in [0.25, 0.3) is 86.9 Å². The number of aliphatic hydroxyl groups is 2. The molecule has 0 atom stereocenters. The normalized spacial score (nSPS) is 12.3. The Hall–Kier alpha value is -5.98. The minimum atomic E-state index is -2.29. The molecule has 0 saturated heterocycles. The maximum absolute atomic E-state index is 9.19. The summed E-state index contributed by atoms with van der Waals surface area (Å²) >= 11 is 0. The van der Waals surface area contributed by atoms with E-state index in [1.165, 1.54) is 86.1 Å². The Labute approximate surface area is 320 Å². The van der Waals surface area contributed by atoms with Crippen LogP contribution in [0.5, 0.6) is 11.5 Å². The van der Waals surface area contributed by atoms with Gasteiger partial charge in [0.1, 0.15) is 32.8 Å². The highest BCUT2D eigenvalue weighted by Gasteiger charge is 2.31. The average Bonchev–Trinajstić information content (AvgIpc) is 3.23. The molecule has 10 aromatic rings. The SMILES string of the molecule is C[Si](C)(c1ccc2ccc3c(-c4ccc(OCCO)cc4)ccc4ccc1c2c43)c1ccc2ccc3c(-c4ccc(OCCO)cc4)ccc4ccc1c2c43. The Morgan fingerprint density at radius 2 is 0.709 bits per heavy atom. The van der Waals surface area contributed by atoms with Gasteiger partial charge in [0.2, 0.25) is 0 Å². The molecule has 0 unspecified atom stereocenters.